The number of H-pyrrole nitrogens is 1. The van der Waals surface area contributed by atoms with Crippen LogP contribution in [0.1, 0.15) is 23.2 Å². The summed E-state index contributed by atoms with van der Waals surface area (Å²) in [6.07, 6.45) is 3.84. The number of anilines is 3. The number of hydrogen-bond donors (Lipinski definition) is 3. The topological polar surface area (TPSA) is 160 Å². The molecule has 0 aliphatic carbocycles. The number of nitriles is 1. The third-order valence-electron chi connectivity index (χ3n) is 7.37. The number of aromatic nitrogens is 4. The van der Waals surface area contributed by atoms with Crippen LogP contribution in [-0.4, -0.2) is 54.6 Å². The molecule has 0 bridgehead atoms. The molecule has 5 rings (SSSR count). The number of nitrogens with zero attached hydrogens (tertiary/aromatic N) is 5. The molecular weight excluding hydrogens is 624 g/mol. The number of aromatic amines is 1. The number of pyridine rings is 2. The van der Waals surface area contributed by atoms with Crippen LogP contribution in [0.15, 0.2) is 60.9 Å². The normalized spacial score (nSPS) is 10.6. The lowest BCUT2D eigenvalue weighted by Gasteiger charge is -2.27. The van der Waals surface area contributed by atoms with E-state index in [1.54, 1.807) is 46.8 Å². The van der Waals surface area contributed by atoms with E-state index < -0.39 is 6.03 Å². The first-order chi connectivity index (χ1) is 22.8. The third-order valence-corrected chi connectivity index (χ3v) is 7.56. The molecular formula is C33H33ClN8O5. The molecule has 0 saturated carbocycles. The first kappa shape index (κ1) is 32.6. The van der Waals surface area contributed by atoms with Crippen LogP contribution in [0.25, 0.3) is 10.8 Å². The second-order valence-electron chi connectivity index (χ2n) is 10.3. The standard InChI is InChI=1S/C33H33ClN8O5/c1-44-23-9-7-20(28(14-23)46-3)18-42(19-21-8-10-24(45-2)15-29(21)47-4)32-25-16-36-31(13-22(25)12-30(34)39-32)40-33(43)38-27-17-37-41-26(27)6-5-11-35/h7-10,12-17H,5-6,18-19H2,1-4H3,(H,37,41)(H2,36,38,40,43). The van der Waals surface area contributed by atoms with Crippen LogP contribution in [0.4, 0.5) is 22.1 Å². The highest BCUT2D eigenvalue weighted by Gasteiger charge is 2.20. The molecule has 2 amide bonds. The number of carbonyl (C=O) groups is 1. The molecule has 0 spiro atoms. The van der Waals surface area contributed by atoms with E-state index >= 15 is 0 Å². The van der Waals surface area contributed by atoms with Gasteiger partial charge in [0.1, 0.15) is 39.8 Å². The van der Waals surface area contributed by atoms with Crippen molar-refractivity contribution in [1.82, 2.24) is 20.2 Å². The predicted octanol–water partition coefficient (Wildman–Crippen LogP) is 6.35. The van der Waals surface area contributed by atoms with Gasteiger partial charge in [-0.25, -0.2) is 14.8 Å². The zero-order valence-electron chi connectivity index (χ0n) is 26.3. The van der Waals surface area contributed by atoms with Crippen LogP contribution >= 0.6 is 11.6 Å². The zero-order chi connectivity index (χ0) is 33.3. The van der Waals surface area contributed by atoms with Gasteiger partial charge < -0.3 is 29.2 Å². The van der Waals surface area contributed by atoms with Gasteiger partial charge in [0.2, 0.25) is 0 Å². The number of fused-ring (bicyclic) bond motifs is 1. The van der Waals surface area contributed by atoms with Gasteiger partial charge in [0.15, 0.2) is 0 Å². The molecule has 3 aromatic heterocycles. The van der Waals surface area contributed by atoms with E-state index in [0.29, 0.717) is 76.3 Å². The molecule has 0 aliphatic heterocycles. The average Bonchev–Trinajstić information content (AvgIpc) is 3.52. The molecule has 0 atom stereocenters. The van der Waals surface area contributed by atoms with Crippen molar-refractivity contribution in [1.29, 1.82) is 5.26 Å². The Morgan fingerprint density at radius 2 is 1.57 bits per heavy atom. The Kier molecular flexibility index (Phi) is 10.4. The molecule has 13 nitrogen and oxygen atoms in total. The van der Waals surface area contributed by atoms with Gasteiger partial charge in [-0.05, 0) is 41.8 Å². The fraction of sp³-hybridized carbons (Fsp3) is 0.242. The summed E-state index contributed by atoms with van der Waals surface area (Å²) in [7, 11) is 6.42. The Balaban J connectivity index is 1.50. The second kappa shape index (κ2) is 15.0. The molecule has 0 saturated heterocycles. The molecule has 14 heteroatoms. The summed E-state index contributed by atoms with van der Waals surface area (Å²) in [6, 6.07) is 16.3. The van der Waals surface area contributed by atoms with E-state index in [-0.39, 0.29) is 11.6 Å². The van der Waals surface area contributed by atoms with Gasteiger partial charge in [-0.3, -0.25) is 10.4 Å². The highest BCUT2D eigenvalue weighted by molar-refractivity contribution is 6.30. The van der Waals surface area contributed by atoms with Gasteiger partial charge in [0, 0.05) is 60.8 Å². The lowest BCUT2D eigenvalue weighted by molar-refractivity contribution is 0.262. The Bertz CT molecular complexity index is 1870. The first-order valence-corrected chi connectivity index (χ1v) is 14.8. The van der Waals surface area contributed by atoms with E-state index in [2.05, 4.69) is 31.9 Å². The largest absolute Gasteiger partial charge is 0.497 e. The van der Waals surface area contributed by atoms with Crippen LogP contribution in [-0.2, 0) is 19.5 Å². The summed E-state index contributed by atoms with van der Waals surface area (Å²) in [5, 5.41) is 22.8. The number of ether oxygens (including phenoxy) is 4. The van der Waals surface area contributed by atoms with Crippen molar-refractivity contribution >= 4 is 45.7 Å². The van der Waals surface area contributed by atoms with Gasteiger partial charge in [-0.2, -0.15) is 10.4 Å². The maximum absolute atomic E-state index is 12.8. The van der Waals surface area contributed by atoms with Crippen molar-refractivity contribution in [3.8, 4) is 29.1 Å². The van der Waals surface area contributed by atoms with Crippen molar-refractivity contribution in [3.05, 3.63) is 82.9 Å². The molecule has 3 N–H and O–H groups in total. The van der Waals surface area contributed by atoms with Gasteiger partial charge in [-0.15, -0.1) is 0 Å². The average molecular weight is 657 g/mol. The number of amides is 2. The molecule has 3 heterocycles. The van der Waals surface area contributed by atoms with Gasteiger partial charge in [0.05, 0.1) is 52.1 Å². The number of carbonyl (C=O) groups excluding carboxylic acids is 1. The van der Waals surface area contributed by atoms with E-state index in [1.165, 1.54) is 6.20 Å². The quantitative estimate of drug-likeness (QED) is 0.122. The zero-order valence-corrected chi connectivity index (χ0v) is 27.0. The molecule has 242 valence electrons. The maximum atomic E-state index is 12.8. The summed E-state index contributed by atoms with van der Waals surface area (Å²) in [5.74, 6) is 3.48. The lowest BCUT2D eigenvalue weighted by atomic mass is 10.1. The minimum atomic E-state index is -0.517. The van der Waals surface area contributed by atoms with Crippen molar-refractivity contribution in [2.24, 2.45) is 0 Å². The minimum Gasteiger partial charge on any atom is -0.497 e. The SMILES string of the molecule is COc1ccc(CN(Cc2ccc(OC)cc2OC)c2nc(Cl)cc3cc(NC(=O)Nc4cn[nH]c4CCC#N)ncc23)c(OC)c1. The van der Waals surface area contributed by atoms with Gasteiger partial charge in [-0.1, -0.05) is 11.6 Å². The van der Waals surface area contributed by atoms with E-state index in [9.17, 15) is 4.79 Å². The Labute approximate surface area is 276 Å². The van der Waals surface area contributed by atoms with E-state index in [1.807, 2.05) is 41.3 Å². The highest BCUT2D eigenvalue weighted by atomic mass is 35.5. The molecule has 0 aliphatic rings. The number of hydrogen-bond acceptors (Lipinski definition) is 10. The second-order valence-corrected chi connectivity index (χ2v) is 10.7. The van der Waals surface area contributed by atoms with Crippen LogP contribution in [0.3, 0.4) is 0 Å². The molecule has 47 heavy (non-hydrogen) atoms. The maximum Gasteiger partial charge on any atom is 0.324 e. The monoisotopic (exact) mass is 656 g/mol. The van der Waals surface area contributed by atoms with E-state index in [4.69, 9.17) is 40.8 Å². The highest BCUT2D eigenvalue weighted by Crippen LogP contribution is 2.35. The predicted molar refractivity (Wildman–Crippen MR) is 179 cm³/mol. The summed E-state index contributed by atoms with van der Waals surface area (Å²) < 4.78 is 22.2. The number of nitrogens with one attached hydrogen (secondary N) is 3. The number of benzene rings is 2. The van der Waals surface area contributed by atoms with Crippen LogP contribution in [0, 0.1) is 11.3 Å². The smallest absolute Gasteiger partial charge is 0.324 e. The fourth-order valence-electron chi connectivity index (χ4n) is 5.05. The van der Waals surface area contributed by atoms with Crippen LogP contribution < -0.4 is 34.5 Å². The van der Waals surface area contributed by atoms with E-state index in [0.717, 1.165) is 11.1 Å². The Hall–Kier alpha value is -5.74. The summed E-state index contributed by atoms with van der Waals surface area (Å²) in [4.78, 5) is 24.1. The number of methoxy groups -OCH3 is 4. The number of urea groups is 1. The molecule has 2 aromatic carbocycles. The van der Waals surface area contributed by atoms with Crippen molar-refractivity contribution in [2.75, 3.05) is 44.0 Å². The van der Waals surface area contributed by atoms with Crippen LogP contribution in [0.2, 0.25) is 5.15 Å². The van der Waals surface area contributed by atoms with Crippen molar-refractivity contribution < 1.29 is 23.7 Å². The van der Waals surface area contributed by atoms with Gasteiger partial charge >= 0.3 is 6.03 Å². The molecule has 0 fully saturated rings. The fourth-order valence-corrected chi connectivity index (χ4v) is 5.25. The number of halogens is 1. The van der Waals surface area contributed by atoms with Crippen LogP contribution in [0.5, 0.6) is 23.0 Å². The number of aryl methyl sites for hydroxylation is 1. The third kappa shape index (κ3) is 7.74. The summed E-state index contributed by atoms with van der Waals surface area (Å²) in [5.41, 5.74) is 2.89. The molecule has 5 aromatic rings. The molecule has 0 unspecified atom stereocenters. The minimum absolute atomic E-state index is 0.253. The lowest BCUT2D eigenvalue weighted by Crippen LogP contribution is -2.24. The summed E-state index contributed by atoms with van der Waals surface area (Å²) in [6.45, 7) is 0.762. The molecule has 0 radical (unpaired) electrons. The summed E-state index contributed by atoms with van der Waals surface area (Å²) >= 11 is 6.61. The first-order valence-electron chi connectivity index (χ1n) is 14.5. The van der Waals surface area contributed by atoms with Crippen molar-refractivity contribution in [3.63, 3.8) is 0 Å². The Morgan fingerprint density at radius 3 is 2.17 bits per heavy atom. The van der Waals surface area contributed by atoms with Gasteiger partial charge in [0.25, 0.3) is 0 Å². The van der Waals surface area contributed by atoms with Crippen molar-refractivity contribution in [2.45, 2.75) is 25.9 Å². The Morgan fingerprint density at radius 1 is 0.915 bits per heavy atom. The number of rotatable bonds is 13.